The third kappa shape index (κ3) is 6.42. The van der Waals surface area contributed by atoms with E-state index < -0.39 is 0 Å². The van der Waals surface area contributed by atoms with Gasteiger partial charge in [0.05, 0.1) is 0 Å². The highest BCUT2D eigenvalue weighted by Crippen LogP contribution is 2.23. The first kappa shape index (κ1) is 16.9. The molecular weight excluding hydrogens is 208 g/mol. The molecule has 0 amide bonds. The molecule has 17 heavy (non-hydrogen) atoms. The first-order valence-corrected chi connectivity index (χ1v) is 7.32. The maximum absolute atomic E-state index is 3.59. The second kappa shape index (κ2) is 8.10. The maximum atomic E-state index is 3.59. The lowest BCUT2D eigenvalue weighted by atomic mass is 9.86. The lowest BCUT2D eigenvalue weighted by Gasteiger charge is -2.37. The summed E-state index contributed by atoms with van der Waals surface area (Å²) in [5.41, 5.74) is 0.390. The van der Waals surface area contributed by atoms with Gasteiger partial charge in [-0.15, -0.1) is 0 Å². The molecule has 0 rings (SSSR count). The molecule has 0 heterocycles. The van der Waals surface area contributed by atoms with Crippen LogP contribution in [-0.4, -0.2) is 37.1 Å². The van der Waals surface area contributed by atoms with Crippen LogP contribution < -0.4 is 5.32 Å². The van der Waals surface area contributed by atoms with Crippen molar-refractivity contribution < 1.29 is 0 Å². The molecule has 0 aliphatic carbocycles. The second-order valence-corrected chi connectivity index (χ2v) is 6.09. The van der Waals surface area contributed by atoms with E-state index in [-0.39, 0.29) is 0 Å². The first-order valence-electron chi connectivity index (χ1n) is 7.32. The Labute approximate surface area is 109 Å². The largest absolute Gasteiger partial charge is 0.314 e. The minimum atomic E-state index is 0.390. The molecule has 0 fully saturated rings. The van der Waals surface area contributed by atoms with Gasteiger partial charge in [0.1, 0.15) is 0 Å². The summed E-state index contributed by atoms with van der Waals surface area (Å²) in [6.45, 7) is 16.0. The van der Waals surface area contributed by atoms with Crippen molar-refractivity contribution in [1.29, 1.82) is 0 Å². The van der Waals surface area contributed by atoms with Crippen molar-refractivity contribution in [3.63, 3.8) is 0 Å². The molecule has 1 unspecified atom stereocenters. The summed E-state index contributed by atoms with van der Waals surface area (Å²) in [7, 11) is 2.28. The Morgan fingerprint density at radius 2 is 1.65 bits per heavy atom. The van der Waals surface area contributed by atoms with E-state index in [4.69, 9.17) is 0 Å². The van der Waals surface area contributed by atoms with Crippen LogP contribution in [0.1, 0.15) is 60.8 Å². The van der Waals surface area contributed by atoms with Crippen molar-refractivity contribution in [3.05, 3.63) is 0 Å². The third-order valence-electron chi connectivity index (χ3n) is 3.99. The van der Waals surface area contributed by atoms with Crippen molar-refractivity contribution in [2.45, 2.75) is 72.9 Å². The summed E-state index contributed by atoms with van der Waals surface area (Å²) in [6.07, 6.45) is 3.74. The molecular formula is C15H34N2. The van der Waals surface area contributed by atoms with Crippen LogP contribution in [0.25, 0.3) is 0 Å². The van der Waals surface area contributed by atoms with Gasteiger partial charge in [0.2, 0.25) is 0 Å². The van der Waals surface area contributed by atoms with Gasteiger partial charge in [-0.05, 0) is 31.7 Å². The van der Waals surface area contributed by atoms with E-state index >= 15 is 0 Å². The van der Waals surface area contributed by atoms with Gasteiger partial charge in [0.15, 0.2) is 0 Å². The molecule has 0 aliphatic rings. The van der Waals surface area contributed by atoms with E-state index in [2.05, 4.69) is 58.8 Å². The molecule has 0 aromatic heterocycles. The summed E-state index contributed by atoms with van der Waals surface area (Å²) in [4.78, 5) is 2.55. The Bertz CT molecular complexity index is 187. The lowest BCUT2D eigenvalue weighted by molar-refractivity contribution is 0.133. The maximum Gasteiger partial charge on any atom is 0.00872 e. The average molecular weight is 242 g/mol. The number of nitrogens with one attached hydrogen (secondary N) is 1. The zero-order valence-corrected chi connectivity index (χ0v) is 13.1. The minimum absolute atomic E-state index is 0.390. The summed E-state index contributed by atoms with van der Waals surface area (Å²) >= 11 is 0. The van der Waals surface area contributed by atoms with Gasteiger partial charge in [-0.3, -0.25) is 0 Å². The quantitative estimate of drug-likeness (QED) is 0.665. The molecule has 0 saturated carbocycles. The molecule has 0 saturated heterocycles. The molecule has 0 radical (unpaired) electrons. The topological polar surface area (TPSA) is 15.3 Å². The normalized spacial score (nSPS) is 15.9. The van der Waals surface area contributed by atoms with E-state index in [0.717, 1.165) is 12.6 Å². The van der Waals surface area contributed by atoms with Gasteiger partial charge in [-0.25, -0.2) is 0 Å². The van der Waals surface area contributed by atoms with Crippen LogP contribution >= 0.6 is 0 Å². The SMILES string of the molecule is CCC(CC)N(C)CC(C)(CC)CNC(C)C. The lowest BCUT2D eigenvalue weighted by Crippen LogP contribution is -2.45. The number of hydrogen-bond donors (Lipinski definition) is 1. The van der Waals surface area contributed by atoms with E-state index in [0.29, 0.717) is 11.5 Å². The van der Waals surface area contributed by atoms with E-state index in [9.17, 15) is 0 Å². The Morgan fingerprint density at radius 1 is 1.12 bits per heavy atom. The predicted octanol–water partition coefficient (Wildman–Crippen LogP) is 3.52. The summed E-state index contributed by atoms with van der Waals surface area (Å²) < 4.78 is 0. The van der Waals surface area contributed by atoms with Gasteiger partial charge in [0.25, 0.3) is 0 Å². The molecule has 1 N–H and O–H groups in total. The van der Waals surface area contributed by atoms with Gasteiger partial charge in [0, 0.05) is 25.2 Å². The molecule has 0 aromatic carbocycles. The highest BCUT2D eigenvalue weighted by molar-refractivity contribution is 4.81. The predicted molar refractivity (Wildman–Crippen MR) is 78.5 cm³/mol. The fourth-order valence-corrected chi connectivity index (χ4v) is 2.39. The monoisotopic (exact) mass is 242 g/mol. The van der Waals surface area contributed by atoms with Crippen molar-refractivity contribution >= 4 is 0 Å². The van der Waals surface area contributed by atoms with E-state index in [1.54, 1.807) is 0 Å². The van der Waals surface area contributed by atoms with E-state index in [1.165, 1.54) is 25.8 Å². The van der Waals surface area contributed by atoms with Crippen LogP contribution in [0.5, 0.6) is 0 Å². The Morgan fingerprint density at radius 3 is 2.00 bits per heavy atom. The van der Waals surface area contributed by atoms with Crippen LogP contribution in [0.15, 0.2) is 0 Å². The van der Waals surface area contributed by atoms with Gasteiger partial charge in [-0.2, -0.15) is 0 Å². The van der Waals surface area contributed by atoms with Gasteiger partial charge < -0.3 is 10.2 Å². The third-order valence-corrected chi connectivity index (χ3v) is 3.99. The highest BCUT2D eigenvalue weighted by Gasteiger charge is 2.26. The molecule has 1 atom stereocenters. The van der Waals surface area contributed by atoms with E-state index in [1.807, 2.05) is 0 Å². The van der Waals surface area contributed by atoms with Crippen molar-refractivity contribution in [1.82, 2.24) is 10.2 Å². The van der Waals surface area contributed by atoms with Crippen molar-refractivity contribution in [2.75, 3.05) is 20.1 Å². The van der Waals surface area contributed by atoms with Gasteiger partial charge >= 0.3 is 0 Å². The van der Waals surface area contributed by atoms with Crippen LogP contribution in [-0.2, 0) is 0 Å². The van der Waals surface area contributed by atoms with Crippen LogP contribution in [0.4, 0.5) is 0 Å². The molecule has 0 bridgehead atoms. The fourth-order valence-electron chi connectivity index (χ4n) is 2.39. The second-order valence-electron chi connectivity index (χ2n) is 6.09. The van der Waals surface area contributed by atoms with Crippen molar-refractivity contribution in [3.8, 4) is 0 Å². The first-order chi connectivity index (χ1) is 7.88. The molecule has 2 nitrogen and oxygen atoms in total. The van der Waals surface area contributed by atoms with Crippen LogP contribution in [0.3, 0.4) is 0 Å². The summed E-state index contributed by atoms with van der Waals surface area (Å²) in [6, 6.07) is 1.32. The highest BCUT2D eigenvalue weighted by atomic mass is 15.1. The van der Waals surface area contributed by atoms with Gasteiger partial charge in [-0.1, -0.05) is 41.5 Å². The molecule has 0 spiro atoms. The average Bonchev–Trinajstić information content (AvgIpc) is 2.28. The minimum Gasteiger partial charge on any atom is -0.314 e. The Hall–Kier alpha value is -0.0800. The number of nitrogens with zero attached hydrogens (tertiary/aromatic N) is 1. The molecule has 0 aliphatic heterocycles. The fraction of sp³-hybridized carbons (Fsp3) is 1.00. The van der Waals surface area contributed by atoms with Crippen molar-refractivity contribution in [2.24, 2.45) is 5.41 Å². The smallest absolute Gasteiger partial charge is 0.00872 e. The van der Waals surface area contributed by atoms with Crippen LogP contribution in [0.2, 0.25) is 0 Å². The standard InChI is InChI=1S/C15H34N2/c1-8-14(9-2)17(7)12-15(6,10-3)11-16-13(4)5/h13-14,16H,8-12H2,1-7H3. The zero-order chi connectivity index (χ0) is 13.5. The number of rotatable bonds is 9. The summed E-state index contributed by atoms with van der Waals surface area (Å²) in [5.74, 6) is 0. The number of hydrogen-bond acceptors (Lipinski definition) is 2. The molecule has 104 valence electrons. The summed E-state index contributed by atoms with van der Waals surface area (Å²) in [5, 5.41) is 3.59. The Kier molecular flexibility index (Phi) is 8.06. The Balaban J connectivity index is 4.34. The van der Waals surface area contributed by atoms with Crippen LogP contribution in [0, 0.1) is 5.41 Å². The molecule has 0 aromatic rings. The zero-order valence-electron chi connectivity index (χ0n) is 13.1. The molecule has 2 heteroatoms.